The number of rotatable bonds is 7. The molecule has 0 unspecified atom stereocenters. The first-order chi connectivity index (χ1) is 15.1. The largest absolute Gasteiger partial charge is 0.474 e. The minimum absolute atomic E-state index is 0.249. The van der Waals surface area contributed by atoms with Crippen LogP contribution in [0, 0.1) is 0 Å². The van der Waals surface area contributed by atoms with Gasteiger partial charge in [-0.05, 0) is 53.9 Å². The van der Waals surface area contributed by atoms with Gasteiger partial charge >= 0.3 is 0 Å². The highest BCUT2D eigenvalue weighted by Crippen LogP contribution is 2.51. The molecule has 0 bridgehead atoms. The van der Waals surface area contributed by atoms with E-state index in [0.717, 1.165) is 63.8 Å². The van der Waals surface area contributed by atoms with Gasteiger partial charge in [0.25, 0.3) is 0 Å². The first kappa shape index (κ1) is 22.1. The van der Waals surface area contributed by atoms with Crippen molar-refractivity contribution in [2.75, 3.05) is 13.2 Å². The van der Waals surface area contributed by atoms with Crippen molar-refractivity contribution < 1.29 is 14.6 Å². The first-order valence-corrected chi connectivity index (χ1v) is 15.8. The van der Waals surface area contributed by atoms with Crippen molar-refractivity contribution in [2.24, 2.45) is 0 Å². The maximum absolute atomic E-state index is 10.6. The lowest BCUT2D eigenvalue weighted by Gasteiger charge is -2.29. The quantitative estimate of drug-likeness (QED) is 0.352. The first-order valence-electron chi connectivity index (χ1n) is 11.3. The highest BCUT2D eigenvalue weighted by Gasteiger charge is 2.39. The van der Waals surface area contributed by atoms with Gasteiger partial charge in [-0.2, -0.15) is 5.10 Å². The molecule has 3 aromatic rings. The van der Waals surface area contributed by atoms with E-state index in [1.165, 1.54) is 0 Å². The zero-order chi connectivity index (χ0) is 22.7. The minimum Gasteiger partial charge on any atom is -0.474 e. The molecule has 172 valence electrons. The third-order valence-corrected chi connectivity index (χ3v) is 8.62. The molecule has 0 saturated heterocycles. The van der Waals surface area contributed by atoms with E-state index in [1.807, 2.05) is 16.9 Å². The fourth-order valence-corrected chi connectivity index (χ4v) is 5.69. The van der Waals surface area contributed by atoms with Crippen molar-refractivity contribution in [3.8, 4) is 17.1 Å². The highest BCUT2D eigenvalue weighted by molar-refractivity contribution is 9.10. The summed E-state index contributed by atoms with van der Waals surface area (Å²) in [5, 5.41) is 16.5. The summed E-state index contributed by atoms with van der Waals surface area (Å²) in [5.74, 6) is 1.15. The van der Waals surface area contributed by atoms with Crippen molar-refractivity contribution in [1.29, 1.82) is 0 Å². The second-order valence-electron chi connectivity index (χ2n) is 10.6. The normalized spacial score (nSPS) is 21.1. The molecule has 5 rings (SSSR count). The van der Waals surface area contributed by atoms with Gasteiger partial charge in [0.2, 0.25) is 5.88 Å². The summed E-state index contributed by atoms with van der Waals surface area (Å²) in [4.78, 5) is 4.68. The van der Waals surface area contributed by atoms with Crippen LogP contribution in [-0.4, -0.2) is 51.3 Å². The second kappa shape index (κ2) is 7.97. The van der Waals surface area contributed by atoms with Gasteiger partial charge in [0.05, 0.1) is 28.0 Å². The number of aromatic nitrogens is 4. The molecule has 1 aliphatic heterocycles. The summed E-state index contributed by atoms with van der Waals surface area (Å²) in [5.41, 5.74) is 3.00. The Morgan fingerprint density at radius 2 is 2.12 bits per heavy atom. The predicted molar refractivity (Wildman–Crippen MR) is 131 cm³/mol. The average molecular weight is 520 g/mol. The van der Waals surface area contributed by atoms with Gasteiger partial charge in [0.1, 0.15) is 24.6 Å². The molecule has 7 nitrogen and oxygen atoms in total. The van der Waals surface area contributed by atoms with Crippen LogP contribution in [0.1, 0.15) is 31.4 Å². The summed E-state index contributed by atoms with van der Waals surface area (Å²) in [7, 11) is -1.18. The Morgan fingerprint density at radius 3 is 2.84 bits per heavy atom. The van der Waals surface area contributed by atoms with Crippen LogP contribution in [0.5, 0.6) is 5.88 Å². The summed E-state index contributed by atoms with van der Waals surface area (Å²) < 4.78 is 17.3. The molecule has 0 spiro atoms. The van der Waals surface area contributed by atoms with E-state index in [-0.39, 0.29) is 6.61 Å². The molecule has 1 saturated carbocycles. The molecule has 1 aliphatic carbocycles. The van der Waals surface area contributed by atoms with Gasteiger partial charge in [0.15, 0.2) is 0 Å². The molecule has 0 aromatic carbocycles. The Balaban J connectivity index is 1.62. The number of halogens is 1. The molecule has 9 heteroatoms. The number of fused-ring (bicyclic) bond motifs is 2. The van der Waals surface area contributed by atoms with Gasteiger partial charge in [0, 0.05) is 32.2 Å². The number of aliphatic hydroxyl groups is 1. The number of ether oxygens (including phenoxy) is 2. The van der Waals surface area contributed by atoms with Crippen LogP contribution in [0.25, 0.3) is 22.3 Å². The fraction of sp³-hybridized carbons (Fsp3) is 0.565. The zero-order valence-corrected chi connectivity index (χ0v) is 21.8. The van der Waals surface area contributed by atoms with E-state index < -0.39 is 13.7 Å². The lowest BCUT2D eigenvalue weighted by molar-refractivity contribution is -0.0310. The predicted octanol–water partition coefficient (Wildman–Crippen LogP) is 5.00. The van der Waals surface area contributed by atoms with Gasteiger partial charge in [-0.25, -0.2) is 9.67 Å². The Hall–Kier alpha value is -1.68. The molecular formula is C23H31BrN4O3Si. The molecule has 1 atom stereocenters. The molecule has 3 aromatic heterocycles. The SMILES string of the molecule is C[C@@]1(O)COc2c(-c3c(Br)c4cccnc4n3COCC[Si](C)(C)C)c(C3CC3)nn2C1. The Bertz CT molecular complexity index is 1160. The van der Waals surface area contributed by atoms with Gasteiger partial charge < -0.3 is 14.6 Å². The van der Waals surface area contributed by atoms with Crippen LogP contribution >= 0.6 is 15.9 Å². The number of hydrogen-bond donors (Lipinski definition) is 1. The monoisotopic (exact) mass is 518 g/mol. The maximum atomic E-state index is 10.6. The van der Waals surface area contributed by atoms with Crippen LogP contribution in [0.4, 0.5) is 0 Å². The van der Waals surface area contributed by atoms with Gasteiger partial charge in [-0.15, -0.1) is 0 Å². The van der Waals surface area contributed by atoms with Crippen LogP contribution in [0.15, 0.2) is 22.8 Å². The van der Waals surface area contributed by atoms with Crippen molar-refractivity contribution in [1.82, 2.24) is 19.3 Å². The molecule has 0 amide bonds. The van der Waals surface area contributed by atoms with Crippen LogP contribution < -0.4 is 4.74 Å². The third kappa shape index (κ3) is 4.15. The van der Waals surface area contributed by atoms with Crippen LogP contribution in [0.2, 0.25) is 25.7 Å². The van der Waals surface area contributed by atoms with E-state index in [1.54, 1.807) is 6.92 Å². The van der Waals surface area contributed by atoms with E-state index in [2.05, 4.69) is 51.2 Å². The molecule has 1 N–H and O–H groups in total. The van der Waals surface area contributed by atoms with E-state index in [4.69, 9.17) is 14.6 Å². The van der Waals surface area contributed by atoms with E-state index >= 15 is 0 Å². The van der Waals surface area contributed by atoms with E-state index in [0.29, 0.717) is 19.2 Å². The molecule has 2 aliphatic rings. The Morgan fingerprint density at radius 1 is 1.34 bits per heavy atom. The van der Waals surface area contributed by atoms with Crippen molar-refractivity contribution in [2.45, 2.75) is 70.2 Å². The summed E-state index contributed by atoms with van der Waals surface area (Å²) in [6.45, 7) is 10.7. The molecule has 32 heavy (non-hydrogen) atoms. The maximum Gasteiger partial charge on any atom is 0.221 e. The zero-order valence-electron chi connectivity index (χ0n) is 19.2. The fourth-order valence-electron chi connectivity index (χ4n) is 4.22. The summed E-state index contributed by atoms with van der Waals surface area (Å²) in [6, 6.07) is 5.15. The Labute approximate surface area is 197 Å². The molecule has 4 heterocycles. The summed E-state index contributed by atoms with van der Waals surface area (Å²) in [6.07, 6.45) is 4.07. The third-order valence-electron chi connectivity index (χ3n) is 6.12. The molecule has 0 radical (unpaired) electrons. The summed E-state index contributed by atoms with van der Waals surface area (Å²) >= 11 is 3.87. The van der Waals surface area contributed by atoms with Crippen molar-refractivity contribution >= 4 is 35.0 Å². The lowest BCUT2D eigenvalue weighted by Crippen LogP contribution is -2.41. The topological polar surface area (TPSA) is 74.3 Å². The lowest BCUT2D eigenvalue weighted by atomic mass is 10.1. The molecule has 1 fully saturated rings. The second-order valence-corrected chi connectivity index (χ2v) is 17.0. The highest BCUT2D eigenvalue weighted by atomic mass is 79.9. The standard InChI is InChI=1S/C23H31BrN4O3Si/c1-23(29)12-28-22(31-13-23)17(19(26-28)15-7-8-15)20-18(24)16-6-5-9-25-21(16)27(20)14-30-10-11-32(2,3)4/h5-6,9,15,29H,7-8,10-14H2,1-4H3/t23-/m0/s1. The Kier molecular flexibility index (Phi) is 5.51. The molecular weight excluding hydrogens is 488 g/mol. The number of nitrogens with zero attached hydrogens (tertiary/aromatic N) is 4. The smallest absolute Gasteiger partial charge is 0.221 e. The number of pyridine rings is 1. The van der Waals surface area contributed by atoms with Crippen LogP contribution in [-0.2, 0) is 18.0 Å². The van der Waals surface area contributed by atoms with E-state index in [9.17, 15) is 5.11 Å². The van der Waals surface area contributed by atoms with Gasteiger partial charge in [-0.3, -0.25) is 4.57 Å². The van der Waals surface area contributed by atoms with Crippen molar-refractivity contribution in [3.63, 3.8) is 0 Å². The van der Waals surface area contributed by atoms with Crippen molar-refractivity contribution in [3.05, 3.63) is 28.5 Å². The average Bonchev–Trinajstić information content (AvgIpc) is 3.45. The van der Waals surface area contributed by atoms with Crippen LogP contribution in [0.3, 0.4) is 0 Å². The minimum atomic E-state index is -1.18. The number of hydrogen-bond acceptors (Lipinski definition) is 5. The van der Waals surface area contributed by atoms with Gasteiger partial charge in [-0.1, -0.05) is 19.6 Å².